The second-order valence-electron chi connectivity index (χ2n) is 5.95. The number of aliphatic hydroxyl groups is 1. The van der Waals surface area contributed by atoms with E-state index in [-0.39, 0.29) is 24.7 Å². The average Bonchev–Trinajstić information content (AvgIpc) is 3.14. The van der Waals surface area contributed by atoms with E-state index in [4.69, 9.17) is 0 Å². The molecule has 0 aromatic carbocycles. The Morgan fingerprint density at radius 2 is 2.12 bits per heavy atom. The Balaban J connectivity index is 1.46. The highest BCUT2D eigenvalue weighted by molar-refractivity contribution is 7.13. The summed E-state index contributed by atoms with van der Waals surface area (Å²) in [7, 11) is 0. The normalized spacial score (nSPS) is 16.4. The number of nitrogens with zero attached hydrogens (tertiary/aromatic N) is 4. The second kappa shape index (κ2) is 7.66. The van der Waals surface area contributed by atoms with Crippen molar-refractivity contribution in [1.29, 1.82) is 0 Å². The maximum atomic E-state index is 12.3. The molecule has 3 rings (SSSR count). The molecule has 1 fully saturated rings. The van der Waals surface area contributed by atoms with E-state index in [1.807, 2.05) is 6.07 Å². The summed E-state index contributed by atoms with van der Waals surface area (Å²) >= 11 is 1.23. The standard InChI is InChI=1S/C16H19N5O3S/c22-13(19-15-20-18-11-25-15)3-4-14(23)21-8-5-16(24,6-9-21)12-2-1-7-17-10-12/h1-2,7,10-11,24H,3-6,8-9H2,(H,19,20,22). The average molecular weight is 361 g/mol. The number of piperidine rings is 1. The van der Waals surface area contributed by atoms with Crippen molar-refractivity contribution in [1.82, 2.24) is 20.1 Å². The van der Waals surface area contributed by atoms with Crippen LogP contribution in [-0.2, 0) is 15.2 Å². The summed E-state index contributed by atoms with van der Waals surface area (Å²) in [6, 6.07) is 3.64. The Bertz CT molecular complexity index is 715. The van der Waals surface area contributed by atoms with E-state index in [1.165, 1.54) is 16.8 Å². The number of carbonyl (C=O) groups is 2. The molecule has 0 aliphatic carbocycles. The van der Waals surface area contributed by atoms with Crippen LogP contribution in [0.15, 0.2) is 30.0 Å². The summed E-state index contributed by atoms with van der Waals surface area (Å²) in [5.74, 6) is -0.338. The highest BCUT2D eigenvalue weighted by atomic mass is 32.1. The van der Waals surface area contributed by atoms with E-state index in [2.05, 4.69) is 20.5 Å². The molecule has 0 spiro atoms. The summed E-state index contributed by atoms with van der Waals surface area (Å²) in [5.41, 5.74) is 1.36. The van der Waals surface area contributed by atoms with Crippen LogP contribution in [0.2, 0.25) is 0 Å². The lowest BCUT2D eigenvalue weighted by Crippen LogP contribution is -2.45. The first kappa shape index (κ1) is 17.4. The molecule has 0 radical (unpaired) electrons. The molecule has 2 aromatic heterocycles. The number of carbonyl (C=O) groups excluding carboxylic acids is 2. The van der Waals surface area contributed by atoms with Crippen LogP contribution in [0.5, 0.6) is 0 Å². The van der Waals surface area contributed by atoms with Crippen molar-refractivity contribution in [2.75, 3.05) is 18.4 Å². The number of amides is 2. The Morgan fingerprint density at radius 3 is 2.76 bits per heavy atom. The van der Waals surface area contributed by atoms with Crippen molar-refractivity contribution in [2.45, 2.75) is 31.3 Å². The predicted octanol–water partition coefficient (Wildman–Crippen LogP) is 1.16. The number of hydrogen-bond donors (Lipinski definition) is 2. The first-order valence-electron chi connectivity index (χ1n) is 8.03. The molecule has 0 atom stereocenters. The van der Waals surface area contributed by atoms with Gasteiger partial charge in [-0.25, -0.2) is 0 Å². The predicted molar refractivity (Wildman–Crippen MR) is 91.7 cm³/mol. The molecule has 2 aromatic rings. The van der Waals surface area contributed by atoms with Crippen LogP contribution in [0, 0.1) is 0 Å². The summed E-state index contributed by atoms with van der Waals surface area (Å²) in [6.07, 6.45) is 4.48. The van der Waals surface area contributed by atoms with E-state index in [1.54, 1.807) is 23.4 Å². The van der Waals surface area contributed by atoms with Gasteiger partial charge in [0, 0.05) is 43.9 Å². The second-order valence-corrected chi connectivity index (χ2v) is 6.78. The first-order chi connectivity index (χ1) is 12.1. The zero-order valence-corrected chi connectivity index (χ0v) is 14.4. The maximum absolute atomic E-state index is 12.3. The highest BCUT2D eigenvalue weighted by Crippen LogP contribution is 2.32. The van der Waals surface area contributed by atoms with Crippen molar-refractivity contribution in [2.24, 2.45) is 0 Å². The molecular weight excluding hydrogens is 342 g/mol. The van der Waals surface area contributed by atoms with E-state index in [0.717, 1.165) is 5.56 Å². The molecule has 0 saturated carbocycles. The van der Waals surface area contributed by atoms with Gasteiger partial charge in [-0.3, -0.25) is 14.6 Å². The van der Waals surface area contributed by atoms with Crippen LogP contribution in [0.4, 0.5) is 5.13 Å². The van der Waals surface area contributed by atoms with Crippen molar-refractivity contribution in [3.05, 3.63) is 35.6 Å². The number of pyridine rings is 1. The Kier molecular flexibility index (Phi) is 5.34. The van der Waals surface area contributed by atoms with Gasteiger partial charge in [-0.05, 0) is 18.9 Å². The van der Waals surface area contributed by atoms with E-state index < -0.39 is 5.60 Å². The maximum Gasteiger partial charge on any atom is 0.226 e. The van der Waals surface area contributed by atoms with Crippen LogP contribution >= 0.6 is 11.3 Å². The number of likely N-dealkylation sites (tertiary alicyclic amines) is 1. The lowest BCUT2D eigenvalue weighted by molar-refractivity contribution is -0.137. The van der Waals surface area contributed by atoms with Gasteiger partial charge in [-0.15, -0.1) is 10.2 Å². The monoisotopic (exact) mass is 361 g/mol. The molecule has 1 aliphatic heterocycles. The minimum absolute atomic E-state index is 0.0827. The van der Waals surface area contributed by atoms with Gasteiger partial charge in [0.15, 0.2) is 0 Å². The SMILES string of the molecule is O=C(CCC(=O)N1CCC(O)(c2cccnc2)CC1)Nc1nncs1. The van der Waals surface area contributed by atoms with Gasteiger partial charge in [0.05, 0.1) is 5.60 Å². The van der Waals surface area contributed by atoms with Crippen molar-refractivity contribution in [3.63, 3.8) is 0 Å². The smallest absolute Gasteiger partial charge is 0.226 e. The Labute approximate surface area is 148 Å². The van der Waals surface area contributed by atoms with Gasteiger partial charge >= 0.3 is 0 Å². The number of nitrogens with one attached hydrogen (secondary N) is 1. The highest BCUT2D eigenvalue weighted by Gasteiger charge is 2.35. The molecule has 1 aliphatic rings. The molecule has 9 heteroatoms. The quantitative estimate of drug-likeness (QED) is 0.827. The summed E-state index contributed by atoms with van der Waals surface area (Å²) in [5, 5.41) is 21.1. The van der Waals surface area contributed by atoms with Crippen LogP contribution in [0.3, 0.4) is 0 Å². The fraction of sp³-hybridized carbons (Fsp3) is 0.438. The van der Waals surface area contributed by atoms with Gasteiger partial charge in [-0.2, -0.15) is 0 Å². The summed E-state index contributed by atoms with van der Waals surface area (Å²) in [4.78, 5) is 29.8. The Morgan fingerprint density at radius 1 is 1.32 bits per heavy atom. The number of aromatic nitrogens is 3. The fourth-order valence-electron chi connectivity index (χ4n) is 2.84. The molecule has 2 amide bonds. The van der Waals surface area contributed by atoms with E-state index in [9.17, 15) is 14.7 Å². The van der Waals surface area contributed by atoms with Crippen LogP contribution in [0.25, 0.3) is 0 Å². The van der Waals surface area contributed by atoms with Crippen molar-refractivity contribution in [3.8, 4) is 0 Å². The first-order valence-corrected chi connectivity index (χ1v) is 8.91. The van der Waals surface area contributed by atoms with Crippen LogP contribution < -0.4 is 5.32 Å². The lowest BCUT2D eigenvalue weighted by atomic mass is 9.85. The molecule has 1 saturated heterocycles. The zero-order chi connectivity index (χ0) is 17.7. The van der Waals surface area contributed by atoms with Crippen LogP contribution in [0.1, 0.15) is 31.2 Å². The molecule has 0 unspecified atom stereocenters. The topological polar surface area (TPSA) is 108 Å². The fourth-order valence-corrected chi connectivity index (χ4v) is 3.30. The lowest BCUT2D eigenvalue weighted by Gasteiger charge is -2.38. The van der Waals surface area contributed by atoms with Crippen molar-refractivity contribution >= 4 is 28.3 Å². The number of anilines is 1. The van der Waals surface area contributed by atoms with E-state index in [0.29, 0.717) is 31.1 Å². The Hall–Kier alpha value is -2.39. The van der Waals surface area contributed by atoms with Gasteiger partial charge in [0.1, 0.15) is 5.51 Å². The third kappa shape index (κ3) is 4.37. The minimum Gasteiger partial charge on any atom is -0.385 e. The van der Waals surface area contributed by atoms with Gasteiger partial charge in [-0.1, -0.05) is 17.4 Å². The zero-order valence-electron chi connectivity index (χ0n) is 13.6. The minimum atomic E-state index is -0.944. The third-order valence-electron chi connectivity index (χ3n) is 4.31. The van der Waals surface area contributed by atoms with Crippen molar-refractivity contribution < 1.29 is 14.7 Å². The molecule has 8 nitrogen and oxygen atoms in total. The van der Waals surface area contributed by atoms with Gasteiger partial charge in [0.2, 0.25) is 16.9 Å². The molecule has 132 valence electrons. The van der Waals surface area contributed by atoms with Crippen LogP contribution in [-0.4, -0.2) is 50.1 Å². The number of hydrogen-bond acceptors (Lipinski definition) is 7. The molecule has 25 heavy (non-hydrogen) atoms. The molecule has 3 heterocycles. The van der Waals surface area contributed by atoms with Gasteiger partial charge < -0.3 is 15.3 Å². The summed E-state index contributed by atoms with van der Waals surface area (Å²) in [6.45, 7) is 0.921. The largest absolute Gasteiger partial charge is 0.385 e. The molecule has 0 bridgehead atoms. The number of rotatable bonds is 5. The summed E-state index contributed by atoms with van der Waals surface area (Å²) < 4.78 is 0. The van der Waals surface area contributed by atoms with Gasteiger partial charge in [0.25, 0.3) is 0 Å². The molecular formula is C16H19N5O3S. The third-order valence-corrected chi connectivity index (χ3v) is 4.92. The molecule has 2 N–H and O–H groups in total. The van der Waals surface area contributed by atoms with E-state index >= 15 is 0 Å².